The number of ketones is 1. The maximum atomic E-state index is 13.7. The number of hydrogen-bond donors (Lipinski definition) is 1. The van der Waals surface area contributed by atoms with Crippen molar-refractivity contribution in [1.82, 2.24) is 4.90 Å². The van der Waals surface area contributed by atoms with E-state index in [1.807, 2.05) is 0 Å². The number of anilines is 1. The zero-order valence-corrected chi connectivity index (χ0v) is 14.8. The van der Waals surface area contributed by atoms with E-state index in [0.717, 1.165) is 12.1 Å². The van der Waals surface area contributed by atoms with E-state index in [1.165, 1.54) is 35.2 Å². The van der Waals surface area contributed by atoms with Crippen LogP contribution in [0.2, 0.25) is 0 Å². The van der Waals surface area contributed by atoms with Gasteiger partial charge in [-0.2, -0.15) is 13.2 Å². The van der Waals surface area contributed by atoms with Crippen molar-refractivity contribution < 1.29 is 27.2 Å². The van der Waals surface area contributed by atoms with Crippen molar-refractivity contribution in [2.45, 2.75) is 19.0 Å². The Bertz CT molecular complexity index is 883. The molecule has 28 heavy (non-hydrogen) atoms. The summed E-state index contributed by atoms with van der Waals surface area (Å²) in [6.07, 6.45) is -3.53. The van der Waals surface area contributed by atoms with Crippen LogP contribution in [0.25, 0.3) is 0 Å². The molecule has 0 radical (unpaired) electrons. The van der Waals surface area contributed by atoms with E-state index >= 15 is 0 Å². The van der Waals surface area contributed by atoms with Gasteiger partial charge in [-0.25, -0.2) is 9.18 Å². The summed E-state index contributed by atoms with van der Waals surface area (Å²) in [6, 6.07) is 9.44. The summed E-state index contributed by atoms with van der Waals surface area (Å²) in [5, 5.41) is 2.46. The van der Waals surface area contributed by atoms with Crippen molar-refractivity contribution >= 4 is 17.5 Å². The van der Waals surface area contributed by atoms with Crippen LogP contribution in [0.5, 0.6) is 0 Å². The second kappa shape index (κ2) is 8.00. The second-order valence-electron chi connectivity index (χ2n) is 6.64. The molecule has 1 saturated heterocycles. The van der Waals surface area contributed by atoms with Gasteiger partial charge in [0.25, 0.3) is 0 Å². The highest BCUT2D eigenvalue weighted by Gasteiger charge is 2.33. The lowest BCUT2D eigenvalue weighted by Gasteiger charge is -2.32. The van der Waals surface area contributed by atoms with Gasteiger partial charge in [-0.15, -0.1) is 0 Å². The molecule has 2 aromatic rings. The molecule has 3 rings (SSSR count). The SMILES string of the molecule is O=C(c1cccc(C(F)(F)F)c1)[C@H]1CCCN(C(=O)Nc2ccccc2F)C1. The highest BCUT2D eigenvalue weighted by atomic mass is 19.4. The topological polar surface area (TPSA) is 49.4 Å². The third kappa shape index (κ3) is 4.49. The minimum Gasteiger partial charge on any atom is -0.324 e. The van der Waals surface area contributed by atoms with Gasteiger partial charge in [-0.1, -0.05) is 24.3 Å². The van der Waals surface area contributed by atoms with E-state index in [9.17, 15) is 27.2 Å². The Balaban J connectivity index is 1.70. The standard InChI is InChI=1S/C20H18F4N2O2/c21-16-8-1-2-9-17(16)25-19(28)26-10-4-6-14(12-26)18(27)13-5-3-7-15(11-13)20(22,23)24/h1-3,5,7-9,11,14H,4,6,10,12H2,(H,25,28)/t14-/m0/s1. The number of rotatable bonds is 3. The number of nitrogens with one attached hydrogen (secondary N) is 1. The number of amides is 2. The number of carbonyl (C=O) groups is 2. The second-order valence-corrected chi connectivity index (χ2v) is 6.64. The molecule has 8 heteroatoms. The number of carbonyl (C=O) groups excluding carboxylic acids is 2. The molecule has 4 nitrogen and oxygen atoms in total. The molecule has 0 saturated carbocycles. The van der Waals surface area contributed by atoms with E-state index in [0.29, 0.717) is 19.4 Å². The number of benzene rings is 2. The van der Waals surface area contributed by atoms with Gasteiger partial charge in [0.2, 0.25) is 0 Å². The van der Waals surface area contributed by atoms with Crippen LogP contribution in [0.1, 0.15) is 28.8 Å². The van der Waals surface area contributed by atoms with Crippen LogP contribution in [0.15, 0.2) is 48.5 Å². The predicted octanol–water partition coefficient (Wildman–Crippen LogP) is 4.97. The first kappa shape index (κ1) is 19.9. The van der Waals surface area contributed by atoms with Crippen LogP contribution in [-0.2, 0) is 6.18 Å². The Labute approximate surface area is 159 Å². The monoisotopic (exact) mass is 394 g/mol. The largest absolute Gasteiger partial charge is 0.416 e. The maximum absolute atomic E-state index is 13.7. The smallest absolute Gasteiger partial charge is 0.324 e. The van der Waals surface area contributed by atoms with Crippen LogP contribution in [0.4, 0.5) is 28.0 Å². The molecule has 1 fully saturated rings. The van der Waals surface area contributed by atoms with Crippen molar-refractivity contribution in [3.8, 4) is 0 Å². The number of likely N-dealkylation sites (tertiary alicyclic amines) is 1. The van der Waals surface area contributed by atoms with Gasteiger partial charge in [0.1, 0.15) is 5.82 Å². The third-order valence-electron chi connectivity index (χ3n) is 4.67. The van der Waals surface area contributed by atoms with Crippen LogP contribution in [-0.4, -0.2) is 29.8 Å². The molecule has 2 amide bonds. The molecule has 0 spiro atoms. The molecular formula is C20H18F4N2O2. The van der Waals surface area contributed by atoms with Gasteiger partial charge in [0, 0.05) is 24.6 Å². The Morgan fingerprint density at radius 1 is 1.07 bits per heavy atom. The maximum Gasteiger partial charge on any atom is 0.416 e. The number of halogens is 4. The fraction of sp³-hybridized carbons (Fsp3) is 0.300. The number of alkyl halides is 3. The molecule has 1 aliphatic rings. The molecule has 0 aliphatic carbocycles. The van der Waals surface area contributed by atoms with E-state index in [2.05, 4.69) is 5.32 Å². The first-order chi connectivity index (χ1) is 13.3. The summed E-state index contributed by atoms with van der Waals surface area (Å²) in [6.45, 7) is 0.446. The van der Waals surface area contributed by atoms with E-state index in [4.69, 9.17) is 0 Å². The number of para-hydroxylation sites is 1. The lowest BCUT2D eigenvalue weighted by molar-refractivity contribution is -0.137. The number of piperidine rings is 1. The van der Waals surface area contributed by atoms with Gasteiger partial charge in [0.05, 0.1) is 11.3 Å². The average molecular weight is 394 g/mol. The van der Waals surface area contributed by atoms with Crippen molar-refractivity contribution in [1.29, 1.82) is 0 Å². The summed E-state index contributed by atoms with van der Waals surface area (Å²) in [4.78, 5) is 26.5. The Kier molecular flexibility index (Phi) is 5.67. The zero-order chi connectivity index (χ0) is 20.3. The molecule has 148 valence electrons. The fourth-order valence-electron chi connectivity index (χ4n) is 3.22. The first-order valence-corrected chi connectivity index (χ1v) is 8.77. The molecule has 0 aromatic heterocycles. The highest BCUT2D eigenvalue weighted by molar-refractivity contribution is 5.99. The minimum absolute atomic E-state index is 0.0267. The lowest BCUT2D eigenvalue weighted by atomic mass is 9.89. The molecule has 1 atom stereocenters. The van der Waals surface area contributed by atoms with Crippen molar-refractivity contribution in [2.24, 2.45) is 5.92 Å². The molecule has 1 aliphatic heterocycles. The summed E-state index contributed by atoms with van der Waals surface area (Å²) < 4.78 is 52.3. The lowest BCUT2D eigenvalue weighted by Crippen LogP contribution is -2.44. The fourth-order valence-corrected chi connectivity index (χ4v) is 3.22. The van der Waals surface area contributed by atoms with Gasteiger partial charge in [-0.05, 0) is 37.1 Å². The predicted molar refractivity (Wildman–Crippen MR) is 95.5 cm³/mol. The molecule has 1 heterocycles. The van der Waals surface area contributed by atoms with E-state index in [1.54, 1.807) is 6.07 Å². The molecular weight excluding hydrogens is 376 g/mol. The van der Waals surface area contributed by atoms with Crippen LogP contribution < -0.4 is 5.32 Å². The zero-order valence-electron chi connectivity index (χ0n) is 14.8. The van der Waals surface area contributed by atoms with Crippen molar-refractivity contribution in [2.75, 3.05) is 18.4 Å². The third-order valence-corrected chi connectivity index (χ3v) is 4.67. The number of hydrogen-bond acceptors (Lipinski definition) is 2. The van der Waals surface area contributed by atoms with Crippen LogP contribution in [0, 0.1) is 11.7 Å². The minimum atomic E-state index is -4.53. The van der Waals surface area contributed by atoms with Crippen LogP contribution >= 0.6 is 0 Å². The van der Waals surface area contributed by atoms with Gasteiger partial charge < -0.3 is 10.2 Å². The van der Waals surface area contributed by atoms with Crippen LogP contribution in [0.3, 0.4) is 0 Å². The van der Waals surface area contributed by atoms with Gasteiger partial charge >= 0.3 is 12.2 Å². The Morgan fingerprint density at radius 3 is 2.54 bits per heavy atom. The molecule has 0 unspecified atom stereocenters. The normalized spacial score (nSPS) is 17.3. The van der Waals surface area contributed by atoms with Crippen molar-refractivity contribution in [3.05, 3.63) is 65.5 Å². The van der Waals surface area contributed by atoms with Gasteiger partial charge in [-0.3, -0.25) is 4.79 Å². The summed E-state index contributed by atoms with van der Waals surface area (Å²) >= 11 is 0. The molecule has 1 N–H and O–H groups in total. The Morgan fingerprint density at radius 2 is 1.82 bits per heavy atom. The summed E-state index contributed by atoms with van der Waals surface area (Å²) in [5.41, 5.74) is -0.890. The number of nitrogens with zero attached hydrogens (tertiary/aromatic N) is 1. The molecule has 2 aromatic carbocycles. The molecule has 0 bridgehead atoms. The van der Waals surface area contributed by atoms with Gasteiger partial charge in [0.15, 0.2) is 5.78 Å². The highest BCUT2D eigenvalue weighted by Crippen LogP contribution is 2.31. The van der Waals surface area contributed by atoms with E-state index in [-0.39, 0.29) is 17.8 Å². The average Bonchev–Trinajstić information content (AvgIpc) is 2.68. The van der Waals surface area contributed by atoms with Crippen molar-refractivity contribution in [3.63, 3.8) is 0 Å². The summed E-state index contributed by atoms with van der Waals surface area (Å²) in [7, 11) is 0. The first-order valence-electron chi connectivity index (χ1n) is 8.77. The summed E-state index contributed by atoms with van der Waals surface area (Å²) in [5.74, 6) is -1.62. The quantitative estimate of drug-likeness (QED) is 0.590. The van der Waals surface area contributed by atoms with E-state index < -0.39 is 35.3 Å². The Hall–Kier alpha value is -2.90. The number of urea groups is 1. The number of Topliss-reactive ketones (excluding diaryl/α,β-unsaturated/α-hetero) is 1.